The molecule has 1 saturated heterocycles. The van der Waals surface area contributed by atoms with E-state index in [0.29, 0.717) is 33.3 Å². The Balaban J connectivity index is 1.60. The molecule has 1 aliphatic heterocycles. The second kappa shape index (κ2) is 13.6. The van der Waals surface area contributed by atoms with E-state index in [1.807, 2.05) is 6.92 Å². The van der Waals surface area contributed by atoms with Crippen molar-refractivity contribution in [3.05, 3.63) is 63.6 Å². The molecule has 2 aromatic rings. The minimum Gasteiger partial charge on any atom is -0.489 e. The van der Waals surface area contributed by atoms with Crippen LogP contribution in [0.2, 0.25) is 10.0 Å². The third-order valence-electron chi connectivity index (χ3n) is 5.67. The molecule has 0 unspecified atom stereocenters. The molecule has 0 bridgehead atoms. The number of aliphatic carboxylic acids is 1. The van der Waals surface area contributed by atoms with E-state index < -0.39 is 42.8 Å². The summed E-state index contributed by atoms with van der Waals surface area (Å²) in [6.45, 7) is 1.41. The van der Waals surface area contributed by atoms with E-state index in [0.717, 1.165) is 4.90 Å². The van der Waals surface area contributed by atoms with Gasteiger partial charge in [-0.2, -0.15) is 0 Å². The van der Waals surface area contributed by atoms with Crippen LogP contribution in [-0.2, 0) is 36.9 Å². The van der Waals surface area contributed by atoms with Crippen LogP contribution < -0.4 is 10.1 Å². The van der Waals surface area contributed by atoms with Gasteiger partial charge < -0.3 is 34.6 Å². The quantitative estimate of drug-likeness (QED) is 0.341. The minimum atomic E-state index is -1.34. The number of carboxylic acid groups (broad SMARTS) is 1. The summed E-state index contributed by atoms with van der Waals surface area (Å²) in [5, 5.41) is 22.5. The maximum atomic E-state index is 12.8. The third kappa shape index (κ3) is 7.56. The molecule has 1 heterocycles. The van der Waals surface area contributed by atoms with E-state index >= 15 is 0 Å². The Bertz CT molecular complexity index is 1080. The molecule has 0 spiro atoms. The van der Waals surface area contributed by atoms with Crippen molar-refractivity contribution in [1.29, 1.82) is 0 Å². The van der Waals surface area contributed by atoms with Gasteiger partial charge >= 0.3 is 5.97 Å². The summed E-state index contributed by atoms with van der Waals surface area (Å²) < 4.78 is 16.2. The average molecular weight is 555 g/mol. The monoisotopic (exact) mass is 554 g/mol. The summed E-state index contributed by atoms with van der Waals surface area (Å²) in [4.78, 5) is 38.4. The standard InChI is InChI=1S/C25H28Cl2N2O8/c1-2-10-29(13-30)24(32)22-21(36-14-37-22)23(31)28-20(25(33)34)11-15-6-8-16(9-7-15)35-12-17-18(26)4-3-5-19(17)27/h3-9,20-22,30H,2,10-14H2,1H3,(H,28,31)(H,33,34)/t20-,21+,22+/m0/s1. The van der Waals surface area contributed by atoms with Gasteiger partial charge in [-0.3, -0.25) is 9.59 Å². The van der Waals surface area contributed by atoms with E-state index in [1.54, 1.807) is 42.5 Å². The largest absolute Gasteiger partial charge is 0.489 e. The number of carbonyl (C=O) groups excluding carboxylic acids is 2. The van der Waals surface area contributed by atoms with Crippen LogP contribution in [0, 0.1) is 0 Å². The van der Waals surface area contributed by atoms with Gasteiger partial charge in [0.1, 0.15) is 31.9 Å². The van der Waals surface area contributed by atoms with Crippen LogP contribution in [0.1, 0.15) is 24.5 Å². The van der Waals surface area contributed by atoms with E-state index in [1.165, 1.54) is 0 Å². The maximum Gasteiger partial charge on any atom is 0.326 e. The number of nitrogens with zero attached hydrogens (tertiary/aromatic N) is 1. The van der Waals surface area contributed by atoms with Crippen molar-refractivity contribution in [2.45, 2.75) is 44.6 Å². The molecule has 2 aromatic carbocycles. The number of benzene rings is 2. The predicted molar refractivity (Wildman–Crippen MR) is 134 cm³/mol. The Morgan fingerprint density at radius 3 is 2.35 bits per heavy atom. The summed E-state index contributed by atoms with van der Waals surface area (Å²) in [5.74, 6) is -2.14. The first-order chi connectivity index (χ1) is 17.7. The molecule has 3 rings (SSSR count). The first-order valence-electron chi connectivity index (χ1n) is 11.6. The van der Waals surface area contributed by atoms with Crippen molar-refractivity contribution in [1.82, 2.24) is 10.2 Å². The molecule has 2 amide bonds. The van der Waals surface area contributed by atoms with Crippen molar-refractivity contribution >= 4 is 41.0 Å². The molecule has 37 heavy (non-hydrogen) atoms. The molecule has 200 valence electrons. The zero-order valence-corrected chi connectivity index (χ0v) is 21.6. The highest BCUT2D eigenvalue weighted by Crippen LogP contribution is 2.26. The SMILES string of the molecule is CCCN(CO)C(=O)[C@@H]1OCO[C@H]1C(=O)N[C@@H](Cc1ccc(OCc2c(Cl)cccc2Cl)cc1)C(=O)O. The molecule has 3 atom stereocenters. The van der Waals surface area contributed by atoms with Crippen molar-refractivity contribution in [3.63, 3.8) is 0 Å². The first kappa shape index (κ1) is 28.7. The lowest BCUT2D eigenvalue weighted by Crippen LogP contribution is -2.53. The van der Waals surface area contributed by atoms with Crippen LogP contribution in [0.15, 0.2) is 42.5 Å². The van der Waals surface area contributed by atoms with Crippen molar-refractivity contribution in [2.75, 3.05) is 20.1 Å². The van der Waals surface area contributed by atoms with Crippen molar-refractivity contribution in [2.24, 2.45) is 0 Å². The highest BCUT2D eigenvalue weighted by atomic mass is 35.5. The van der Waals surface area contributed by atoms with Crippen LogP contribution in [-0.4, -0.2) is 71.2 Å². The van der Waals surface area contributed by atoms with Crippen LogP contribution in [0.3, 0.4) is 0 Å². The topological polar surface area (TPSA) is 135 Å². The average Bonchev–Trinajstić information content (AvgIpc) is 3.37. The lowest BCUT2D eigenvalue weighted by Gasteiger charge is -2.25. The van der Waals surface area contributed by atoms with E-state index in [4.69, 9.17) is 37.4 Å². The Labute approximate surface area is 224 Å². The van der Waals surface area contributed by atoms with Gasteiger partial charge in [0.15, 0.2) is 12.2 Å². The second-order valence-corrected chi connectivity index (χ2v) is 9.09. The number of nitrogens with one attached hydrogen (secondary N) is 1. The van der Waals surface area contributed by atoms with Gasteiger partial charge in [-0.05, 0) is 36.2 Å². The summed E-state index contributed by atoms with van der Waals surface area (Å²) in [5.41, 5.74) is 1.27. The van der Waals surface area contributed by atoms with Gasteiger partial charge in [-0.25, -0.2) is 4.79 Å². The summed E-state index contributed by atoms with van der Waals surface area (Å²) >= 11 is 12.3. The van der Waals surface area contributed by atoms with Gasteiger partial charge in [0.25, 0.3) is 11.8 Å². The lowest BCUT2D eigenvalue weighted by atomic mass is 10.0. The Morgan fingerprint density at radius 1 is 1.11 bits per heavy atom. The fraction of sp³-hybridized carbons (Fsp3) is 0.400. The number of carboxylic acids is 1. The molecular formula is C25H28Cl2N2O8. The van der Waals surface area contributed by atoms with Crippen LogP contribution in [0.25, 0.3) is 0 Å². The first-order valence-corrected chi connectivity index (χ1v) is 12.3. The number of rotatable bonds is 12. The highest BCUT2D eigenvalue weighted by molar-refractivity contribution is 6.35. The highest BCUT2D eigenvalue weighted by Gasteiger charge is 2.43. The number of halogens is 2. The van der Waals surface area contributed by atoms with Crippen LogP contribution in [0.5, 0.6) is 5.75 Å². The van der Waals surface area contributed by atoms with Gasteiger partial charge in [-0.1, -0.05) is 48.3 Å². The van der Waals surface area contributed by atoms with Gasteiger partial charge in [0, 0.05) is 28.6 Å². The predicted octanol–water partition coefficient (Wildman–Crippen LogP) is 2.61. The lowest BCUT2D eigenvalue weighted by molar-refractivity contribution is -0.149. The maximum absolute atomic E-state index is 12.8. The molecule has 1 fully saturated rings. The summed E-state index contributed by atoms with van der Waals surface area (Å²) in [6, 6.07) is 10.6. The fourth-order valence-corrected chi connectivity index (χ4v) is 4.22. The second-order valence-electron chi connectivity index (χ2n) is 8.27. The number of aliphatic hydroxyl groups excluding tert-OH is 1. The number of ether oxygens (including phenoxy) is 3. The molecular weight excluding hydrogens is 527 g/mol. The number of carbonyl (C=O) groups is 3. The third-order valence-corrected chi connectivity index (χ3v) is 6.38. The molecule has 10 nitrogen and oxygen atoms in total. The van der Waals surface area contributed by atoms with Crippen LogP contribution >= 0.6 is 23.2 Å². The van der Waals surface area contributed by atoms with E-state index in [2.05, 4.69) is 5.32 Å². The fourth-order valence-electron chi connectivity index (χ4n) is 3.71. The van der Waals surface area contributed by atoms with E-state index in [9.17, 15) is 24.6 Å². The normalized spacial score (nSPS) is 17.7. The minimum absolute atomic E-state index is 0.0253. The van der Waals surface area contributed by atoms with Crippen LogP contribution in [0.4, 0.5) is 0 Å². The van der Waals surface area contributed by atoms with Crippen molar-refractivity contribution < 1.29 is 38.8 Å². The summed E-state index contributed by atoms with van der Waals surface area (Å²) in [7, 11) is 0. The number of hydrogen-bond acceptors (Lipinski definition) is 7. The molecule has 3 N–H and O–H groups in total. The zero-order valence-electron chi connectivity index (χ0n) is 20.1. The van der Waals surface area contributed by atoms with Crippen molar-refractivity contribution in [3.8, 4) is 5.75 Å². The number of amides is 2. The van der Waals surface area contributed by atoms with Gasteiger partial charge in [0.05, 0.1) is 0 Å². The zero-order chi connectivity index (χ0) is 26.9. The number of hydrogen-bond donors (Lipinski definition) is 3. The van der Waals surface area contributed by atoms with Gasteiger partial charge in [-0.15, -0.1) is 0 Å². The number of aliphatic hydroxyl groups is 1. The molecule has 1 aliphatic rings. The molecule has 0 saturated carbocycles. The molecule has 12 heteroatoms. The molecule has 0 aromatic heterocycles. The van der Waals surface area contributed by atoms with Gasteiger partial charge in [0.2, 0.25) is 0 Å². The smallest absolute Gasteiger partial charge is 0.326 e. The van der Waals surface area contributed by atoms with E-state index in [-0.39, 0.29) is 26.4 Å². The Morgan fingerprint density at radius 2 is 1.76 bits per heavy atom. The molecule has 0 radical (unpaired) electrons. The molecule has 0 aliphatic carbocycles. The summed E-state index contributed by atoms with van der Waals surface area (Å²) in [6.07, 6.45) is -2.05. The Kier molecular flexibility index (Phi) is 10.5. The Hall–Kier alpha value is -2.89.